The highest BCUT2D eigenvalue weighted by Gasteiger charge is 2.16. The molecule has 3 aromatic rings. The maximum absolute atomic E-state index is 13.1. The van der Waals surface area contributed by atoms with Gasteiger partial charge in [0.25, 0.3) is 5.91 Å². The van der Waals surface area contributed by atoms with Gasteiger partial charge in [0.05, 0.1) is 16.5 Å². The number of unbranched alkanes of at least 4 members (excludes halogenated alkanes) is 11. The summed E-state index contributed by atoms with van der Waals surface area (Å²) in [5, 5.41) is 3.58. The molecule has 0 aliphatic heterocycles. The number of hydrogen-bond acceptors (Lipinski definition) is 3. The number of amides is 1. The zero-order valence-electron chi connectivity index (χ0n) is 23.1. The van der Waals surface area contributed by atoms with Gasteiger partial charge in [-0.25, -0.2) is 0 Å². The number of anilines is 1. The molecule has 206 valence electrons. The number of nitrogens with zero attached hydrogens (tertiary/aromatic N) is 1. The lowest BCUT2D eigenvalue weighted by atomic mass is 10.1. The Morgan fingerprint density at radius 2 is 1.58 bits per heavy atom. The van der Waals surface area contributed by atoms with Crippen molar-refractivity contribution in [3.63, 3.8) is 0 Å². The number of aromatic nitrogens is 1. The van der Waals surface area contributed by atoms with Crippen LogP contribution >= 0.6 is 22.9 Å². The minimum Gasteiger partial charge on any atom is -0.492 e. The van der Waals surface area contributed by atoms with Crippen LogP contribution in [0, 0.1) is 6.92 Å². The van der Waals surface area contributed by atoms with Crippen molar-refractivity contribution in [2.24, 2.45) is 0 Å². The van der Waals surface area contributed by atoms with Gasteiger partial charge in [0.2, 0.25) is 5.51 Å². The van der Waals surface area contributed by atoms with Crippen LogP contribution in [0.1, 0.15) is 105 Å². The molecule has 0 spiro atoms. The lowest BCUT2D eigenvalue weighted by Crippen LogP contribution is -2.32. The number of nitrogens with one attached hydrogen (secondary N) is 1. The summed E-state index contributed by atoms with van der Waals surface area (Å²) in [7, 11) is 0. The van der Waals surface area contributed by atoms with Gasteiger partial charge in [-0.3, -0.25) is 4.79 Å². The van der Waals surface area contributed by atoms with Gasteiger partial charge in [-0.15, -0.1) is 0 Å². The third kappa shape index (κ3) is 10.8. The first-order chi connectivity index (χ1) is 18.6. The van der Waals surface area contributed by atoms with Crippen LogP contribution in [0.5, 0.6) is 5.75 Å². The minimum absolute atomic E-state index is 0.137. The van der Waals surface area contributed by atoms with Crippen molar-refractivity contribution in [1.82, 2.24) is 0 Å². The number of hydrogen-bond donors (Lipinski definition) is 1. The van der Waals surface area contributed by atoms with Crippen molar-refractivity contribution in [1.29, 1.82) is 0 Å². The van der Waals surface area contributed by atoms with Crippen molar-refractivity contribution < 1.29 is 14.1 Å². The predicted octanol–water partition coefficient (Wildman–Crippen LogP) is 9.38. The van der Waals surface area contributed by atoms with Crippen LogP contribution in [0.15, 0.2) is 54.2 Å². The molecule has 1 aromatic heterocycles. The fourth-order valence-electron chi connectivity index (χ4n) is 4.62. The van der Waals surface area contributed by atoms with Gasteiger partial charge in [-0.1, -0.05) is 119 Å². The van der Waals surface area contributed by atoms with Gasteiger partial charge in [-0.05, 0) is 31.5 Å². The van der Waals surface area contributed by atoms with Crippen molar-refractivity contribution in [2.45, 2.75) is 97.4 Å². The van der Waals surface area contributed by atoms with E-state index in [0.29, 0.717) is 35.2 Å². The van der Waals surface area contributed by atoms with E-state index in [1.54, 1.807) is 17.4 Å². The second-order valence-corrected chi connectivity index (χ2v) is 11.6. The zero-order chi connectivity index (χ0) is 27.0. The van der Waals surface area contributed by atoms with E-state index in [-0.39, 0.29) is 5.91 Å². The van der Waals surface area contributed by atoms with E-state index < -0.39 is 0 Å². The number of rotatable bonds is 18. The number of thiazole rings is 1. The molecule has 0 saturated carbocycles. The number of ether oxygens (including phenoxy) is 1. The molecule has 1 heterocycles. The predicted molar refractivity (Wildman–Crippen MR) is 161 cm³/mol. The van der Waals surface area contributed by atoms with Crippen LogP contribution < -0.4 is 14.6 Å². The smallest absolute Gasteiger partial charge is 0.256 e. The zero-order valence-corrected chi connectivity index (χ0v) is 24.7. The first-order valence-corrected chi connectivity index (χ1v) is 15.6. The third-order valence-corrected chi connectivity index (χ3v) is 7.95. The van der Waals surface area contributed by atoms with E-state index >= 15 is 0 Å². The number of carbonyl (C=O) groups is 1. The molecule has 3 rings (SSSR count). The molecule has 0 saturated heterocycles. The van der Waals surface area contributed by atoms with Crippen molar-refractivity contribution in [2.75, 3.05) is 11.9 Å². The summed E-state index contributed by atoms with van der Waals surface area (Å²) in [6, 6.07) is 13.1. The largest absolute Gasteiger partial charge is 0.492 e. The molecular formula is C32H44ClN2O2S+. The molecule has 0 aliphatic carbocycles. The summed E-state index contributed by atoms with van der Waals surface area (Å²) in [4.78, 5) is 14.4. The Hall–Kier alpha value is -2.37. The maximum atomic E-state index is 13.1. The quantitative estimate of drug-likeness (QED) is 0.125. The molecule has 0 aliphatic rings. The van der Waals surface area contributed by atoms with E-state index in [0.717, 1.165) is 12.0 Å². The average molecular weight is 556 g/mol. The Balaban J connectivity index is 1.39. The lowest BCUT2D eigenvalue weighted by Gasteiger charge is -2.12. The topological polar surface area (TPSA) is 42.2 Å². The summed E-state index contributed by atoms with van der Waals surface area (Å²) >= 11 is 8.07. The van der Waals surface area contributed by atoms with Crippen LogP contribution in [-0.2, 0) is 6.54 Å². The van der Waals surface area contributed by atoms with Gasteiger partial charge in [0, 0.05) is 22.9 Å². The van der Waals surface area contributed by atoms with Crippen LogP contribution in [-0.4, -0.2) is 12.5 Å². The first kappa shape index (κ1) is 30.2. The molecule has 0 fully saturated rings. The summed E-state index contributed by atoms with van der Waals surface area (Å²) in [5.74, 6) is 0.479. The van der Waals surface area contributed by atoms with Crippen LogP contribution in [0.3, 0.4) is 0 Å². The molecule has 2 aromatic carbocycles. The number of carbonyl (C=O) groups excluding carboxylic acids is 1. The Morgan fingerprint density at radius 1 is 0.921 bits per heavy atom. The highest BCUT2D eigenvalue weighted by molar-refractivity contribution is 7.09. The molecule has 4 nitrogen and oxygen atoms in total. The summed E-state index contributed by atoms with van der Waals surface area (Å²) in [6.07, 6.45) is 17.8. The fourth-order valence-corrected chi connectivity index (χ4v) is 5.43. The van der Waals surface area contributed by atoms with Gasteiger partial charge < -0.3 is 10.1 Å². The van der Waals surface area contributed by atoms with E-state index in [2.05, 4.69) is 35.4 Å². The van der Waals surface area contributed by atoms with Crippen LogP contribution in [0.4, 0.5) is 5.69 Å². The van der Waals surface area contributed by atoms with Crippen LogP contribution in [0.2, 0.25) is 5.02 Å². The minimum atomic E-state index is -0.137. The summed E-state index contributed by atoms with van der Waals surface area (Å²) in [5.41, 5.74) is 4.39. The molecule has 1 N–H and O–H groups in total. The fraction of sp³-hybridized carbons (Fsp3) is 0.500. The molecule has 1 amide bonds. The van der Waals surface area contributed by atoms with Gasteiger partial charge in [0.15, 0.2) is 12.7 Å². The molecule has 0 bridgehead atoms. The Bertz CT molecular complexity index is 1110. The lowest BCUT2D eigenvalue weighted by molar-refractivity contribution is -0.683. The van der Waals surface area contributed by atoms with Crippen molar-refractivity contribution in [3.05, 3.63) is 75.2 Å². The summed E-state index contributed by atoms with van der Waals surface area (Å²) < 4.78 is 8.08. The number of benzene rings is 2. The SMILES string of the molecule is CCCCCCCCCCCCCCOc1cc(NC(=O)c2ccccc2C[n+]2csc(C)c2)ccc1Cl. The maximum Gasteiger partial charge on any atom is 0.256 e. The number of aryl methyl sites for hydroxylation is 1. The second-order valence-electron chi connectivity index (χ2n) is 10.1. The Kier molecular flexibility index (Phi) is 13.7. The van der Waals surface area contributed by atoms with E-state index in [1.165, 1.54) is 75.5 Å². The molecule has 0 unspecified atom stereocenters. The molecule has 38 heavy (non-hydrogen) atoms. The Morgan fingerprint density at radius 3 is 2.24 bits per heavy atom. The van der Waals surface area contributed by atoms with E-state index in [1.807, 2.05) is 36.4 Å². The van der Waals surface area contributed by atoms with Gasteiger partial charge in [-0.2, -0.15) is 4.57 Å². The van der Waals surface area contributed by atoms with Gasteiger partial charge in [0.1, 0.15) is 5.75 Å². The molecule has 0 atom stereocenters. The van der Waals surface area contributed by atoms with Gasteiger partial charge >= 0.3 is 0 Å². The monoisotopic (exact) mass is 555 g/mol. The highest BCUT2D eigenvalue weighted by atomic mass is 35.5. The summed E-state index contributed by atoms with van der Waals surface area (Å²) in [6.45, 7) is 5.64. The molecule has 0 radical (unpaired) electrons. The van der Waals surface area contributed by atoms with E-state index in [9.17, 15) is 4.79 Å². The van der Waals surface area contributed by atoms with Crippen molar-refractivity contribution >= 4 is 34.5 Å². The van der Waals surface area contributed by atoms with E-state index in [4.69, 9.17) is 16.3 Å². The third-order valence-electron chi connectivity index (χ3n) is 6.78. The normalized spacial score (nSPS) is 11.0. The standard InChI is InChI=1S/C32H43ClN2O2S/c1-3-4-5-6-7-8-9-10-11-12-13-16-21-37-31-22-28(19-20-30(31)33)34-32(36)29-18-15-14-17-27(29)24-35-23-26(2)38-25-35/h14-15,17-20,22-23,25H,3-13,16,21,24H2,1-2H3/p+1. The van der Waals surface area contributed by atoms with Crippen molar-refractivity contribution in [3.8, 4) is 5.75 Å². The Labute approximate surface area is 238 Å². The average Bonchev–Trinajstić information content (AvgIpc) is 3.33. The number of halogens is 1. The van der Waals surface area contributed by atoms with Crippen LogP contribution in [0.25, 0.3) is 0 Å². The molecule has 6 heteroatoms. The molecular weight excluding hydrogens is 512 g/mol. The highest BCUT2D eigenvalue weighted by Crippen LogP contribution is 2.28. The second kappa shape index (κ2) is 17.3. The first-order valence-electron chi connectivity index (χ1n) is 14.3.